The SMILES string of the molecule is CCc1ccc(CNCCc2ccc(OC)c(OC)c2)s1. The van der Waals surface area contributed by atoms with Gasteiger partial charge in [0.05, 0.1) is 14.2 Å². The fourth-order valence-corrected chi connectivity index (χ4v) is 3.12. The molecule has 4 heteroatoms. The lowest BCUT2D eigenvalue weighted by atomic mass is 10.1. The van der Waals surface area contributed by atoms with E-state index in [0.717, 1.165) is 37.4 Å². The molecule has 0 aliphatic carbocycles. The fourth-order valence-electron chi connectivity index (χ4n) is 2.19. The van der Waals surface area contributed by atoms with Crippen LogP contribution in [0.4, 0.5) is 0 Å². The van der Waals surface area contributed by atoms with Gasteiger partial charge < -0.3 is 14.8 Å². The van der Waals surface area contributed by atoms with Gasteiger partial charge in [0.1, 0.15) is 0 Å². The molecule has 0 bridgehead atoms. The molecule has 0 aliphatic heterocycles. The molecule has 21 heavy (non-hydrogen) atoms. The second-order valence-corrected chi connectivity index (χ2v) is 6.09. The van der Waals surface area contributed by atoms with Crippen LogP contribution in [0.1, 0.15) is 22.2 Å². The van der Waals surface area contributed by atoms with Crippen molar-refractivity contribution in [3.63, 3.8) is 0 Å². The first-order valence-corrected chi connectivity index (χ1v) is 8.07. The minimum absolute atomic E-state index is 0.778. The van der Waals surface area contributed by atoms with E-state index in [2.05, 4.69) is 30.4 Å². The van der Waals surface area contributed by atoms with Gasteiger partial charge in [-0.05, 0) is 49.2 Å². The Labute approximate surface area is 130 Å². The summed E-state index contributed by atoms with van der Waals surface area (Å²) in [6.45, 7) is 4.09. The van der Waals surface area contributed by atoms with E-state index >= 15 is 0 Å². The van der Waals surface area contributed by atoms with Crippen molar-refractivity contribution < 1.29 is 9.47 Å². The van der Waals surface area contributed by atoms with Crippen LogP contribution in [0.25, 0.3) is 0 Å². The molecule has 1 aromatic heterocycles. The van der Waals surface area contributed by atoms with Gasteiger partial charge in [-0.25, -0.2) is 0 Å². The molecule has 0 unspecified atom stereocenters. The van der Waals surface area contributed by atoms with Gasteiger partial charge in [0.15, 0.2) is 11.5 Å². The number of thiophene rings is 1. The molecule has 2 rings (SSSR count). The molecule has 114 valence electrons. The van der Waals surface area contributed by atoms with Crippen molar-refractivity contribution in [3.8, 4) is 11.5 Å². The molecule has 3 nitrogen and oxygen atoms in total. The number of methoxy groups -OCH3 is 2. The maximum Gasteiger partial charge on any atom is 0.160 e. The summed E-state index contributed by atoms with van der Waals surface area (Å²) in [6, 6.07) is 10.5. The first kappa shape index (κ1) is 15.9. The van der Waals surface area contributed by atoms with Crippen LogP contribution < -0.4 is 14.8 Å². The van der Waals surface area contributed by atoms with Crippen LogP contribution in [0.15, 0.2) is 30.3 Å². The van der Waals surface area contributed by atoms with Gasteiger partial charge in [0.25, 0.3) is 0 Å². The first-order valence-electron chi connectivity index (χ1n) is 7.26. The maximum absolute atomic E-state index is 5.32. The molecule has 0 amide bonds. The second kappa shape index (κ2) is 8.05. The van der Waals surface area contributed by atoms with E-state index in [1.54, 1.807) is 14.2 Å². The molecule has 0 spiro atoms. The van der Waals surface area contributed by atoms with E-state index in [4.69, 9.17) is 9.47 Å². The van der Waals surface area contributed by atoms with Gasteiger partial charge in [-0.3, -0.25) is 0 Å². The highest BCUT2D eigenvalue weighted by molar-refractivity contribution is 7.11. The van der Waals surface area contributed by atoms with E-state index in [1.165, 1.54) is 15.3 Å². The number of benzene rings is 1. The van der Waals surface area contributed by atoms with Crippen molar-refractivity contribution in [3.05, 3.63) is 45.6 Å². The lowest BCUT2D eigenvalue weighted by Crippen LogP contribution is -2.15. The maximum atomic E-state index is 5.32. The van der Waals surface area contributed by atoms with Crippen molar-refractivity contribution >= 4 is 11.3 Å². The molecule has 0 fully saturated rings. The molecule has 0 saturated heterocycles. The highest BCUT2D eigenvalue weighted by Gasteiger charge is 2.04. The average Bonchev–Trinajstić information content (AvgIpc) is 2.99. The zero-order valence-electron chi connectivity index (χ0n) is 12.9. The molecule has 2 aromatic rings. The molecule has 1 heterocycles. The normalized spacial score (nSPS) is 10.6. The highest BCUT2D eigenvalue weighted by atomic mass is 32.1. The Hall–Kier alpha value is -1.52. The summed E-state index contributed by atoms with van der Waals surface area (Å²) in [5.74, 6) is 1.57. The predicted octanol–water partition coefficient (Wildman–Crippen LogP) is 3.66. The second-order valence-electron chi connectivity index (χ2n) is 4.84. The van der Waals surface area contributed by atoms with E-state index in [1.807, 2.05) is 23.5 Å². The Morgan fingerprint density at radius 3 is 2.43 bits per heavy atom. The van der Waals surface area contributed by atoms with E-state index < -0.39 is 0 Å². The molecule has 0 saturated carbocycles. The monoisotopic (exact) mass is 305 g/mol. The summed E-state index contributed by atoms with van der Waals surface area (Å²) in [6.07, 6.45) is 2.10. The zero-order valence-corrected chi connectivity index (χ0v) is 13.8. The Balaban J connectivity index is 1.80. The number of aryl methyl sites for hydroxylation is 1. The summed E-state index contributed by atoms with van der Waals surface area (Å²) in [7, 11) is 3.33. The molecular weight excluding hydrogens is 282 g/mol. The third-order valence-corrected chi connectivity index (χ3v) is 4.63. The van der Waals surface area contributed by atoms with Crippen LogP contribution >= 0.6 is 11.3 Å². The average molecular weight is 305 g/mol. The minimum Gasteiger partial charge on any atom is -0.493 e. The lowest BCUT2D eigenvalue weighted by molar-refractivity contribution is 0.354. The lowest BCUT2D eigenvalue weighted by Gasteiger charge is -2.09. The first-order chi connectivity index (χ1) is 10.3. The van der Waals surface area contributed by atoms with Gasteiger partial charge in [0, 0.05) is 16.3 Å². The largest absolute Gasteiger partial charge is 0.493 e. The van der Waals surface area contributed by atoms with Crippen LogP contribution in [-0.4, -0.2) is 20.8 Å². The van der Waals surface area contributed by atoms with Crippen LogP contribution in [0.3, 0.4) is 0 Å². The number of rotatable bonds is 8. The van der Waals surface area contributed by atoms with Crippen LogP contribution in [0, 0.1) is 0 Å². The Morgan fingerprint density at radius 2 is 1.76 bits per heavy atom. The summed E-state index contributed by atoms with van der Waals surface area (Å²) < 4.78 is 10.6. The Morgan fingerprint density at radius 1 is 1.00 bits per heavy atom. The third kappa shape index (κ3) is 4.48. The topological polar surface area (TPSA) is 30.5 Å². The quantitative estimate of drug-likeness (QED) is 0.755. The van der Waals surface area contributed by atoms with Gasteiger partial charge in [0.2, 0.25) is 0 Å². The van der Waals surface area contributed by atoms with Gasteiger partial charge >= 0.3 is 0 Å². The fraction of sp³-hybridized carbons (Fsp3) is 0.412. The van der Waals surface area contributed by atoms with E-state index in [9.17, 15) is 0 Å². The standard InChI is InChI=1S/C17H23NO2S/c1-4-14-6-7-15(21-14)12-18-10-9-13-5-8-16(19-2)17(11-13)20-3/h5-8,11,18H,4,9-10,12H2,1-3H3. The molecule has 1 aromatic carbocycles. The van der Waals surface area contributed by atoms with E-state index in [-0.39, 0.29) is 0 Å². The molecular formula is C17H23NO2S. The smallest absolute Gasteiger partial charge is 0.160 e. The summed E-state index contributed by atoms with van der Waals surface area (Å²) in [4.78, 5) is 2.85. The van der Waals surface area contributed by atoms with Gasteiger partial charge in [-0.1, -0.05) is 13.0 Å². The Kier molecular flexibility index (Phi) is 6.08. The van der Waals surface area contributed by atoms with Crippen LogP contribution in [0.2, 0.25) is 0 Å². The number of hydrogen-bond donors (Lipinski definition) is 1. The zero-order chi connectivity index (χ0) is 15.1. The van der Waals surface area contributed by atoms with Crippen LogP contribution in [-0.2, 0) is 19.4 Å². The summed E-state index contributed by atoms with van der Waals surface area (Å²) >= 11 is 1.89. The number of ether oxygens (including phenoxy) is 2. The van der Waals surface area contributed by atoms with Crippen LogP contribution in [0.5, 0.6) is 11.5 Å². The predicted molar refractivity (Wildman–Crippen MR) is 88.7 cm³/mol. The number of hydrogen-bond acceptors (Lipinski definition) is 4. The molecule has 0 aliphatic rings. The molecule has 0 radical (unpaired) electrons. The highest BCUT2D eigenvalue weighted by Crippen LogP contribution is 2.27. The molecule has 0 atom stereocenters. The molecule has 1 N–H and O–H groups in total. The van der Waals surface area contributed by atoms with Crippen molar-refractivity contribution in [2.24, 2.45) is 0 Å². The van der Waals surface area contributed by atoms with Crippen molar-refractivity contribution in [2.75, 3.05) is 20.8 Å². The van der Waals surface area contributed by atoms with Crippen molar-refractivity contribution in [1.82, 2.24) is 5.32 Å². The third-order valence-electron chi connectivity index (χ3n) is 3.40. The van der Waals surface area contributed by atoms with Crippen molar-refractivity contribution in [2.45, 2.75) is 26.3 Å². The van der Waals surface area contributed by atoms with E-state index in [0.29, 0.717) is 0 Å². The van der Waals surface area contributed by atoms with Gasteiger partial charge in [-0.15, -0.1) is 11.3 Å². The number of nitrogens with one attached hydrogen (secondary N) is 1. The van der Waals surface area contributed by atoms with Crippen molar-refractivity contribution in [1.29, 1.82) is 0 Å². The van der Waals surface area contributed by atoms with Gasteiger partial charge in [-0.2, -0.15) is 0 Å². The Bertz CT molecular complexity index is 566. The minimum atomic E-state index is 0.778. The summed E-state index contributed by atoms with van der Waals surface area (Å²) in [5.41, 5.74) is 1.25. The summed E-state index contributed by atoms with van der Waals surface area (Å²) in [5, 5.41) is 3.49.